The highest BCUT2D eigenvalue weighted by Crippen LogP contribution is 2.52. The molecule has 22 heavy (non-hydrogen) atoms. The van der Waals surface area contributed by atoms with E-state index in [0.717, 1.165) is 16.7 Å². The lowest BCUT2D eigenvalue weighted by Crippen LogP contribution is -2.50. The van der Waals surface area contributed by atoms with Gasteiger partial charge in [0.2, 0.25) is 0 Å². The first-order valence-corrected chi connectivity index (χ1v) is 6.57. The second kappa shape index (κ2) is 5.12. The third-order valence-electron chi connectivity index (χ3n) is 2.70. The highest BCUT2D eigenvalue weighted by atomic mass is 79.9. The van der Waals surface area contributed by atoms with Crippen LogP contribution < -0.4 is 5.56 Å². The van der Waals surface area contributed by atoms with Crippen molar-refractivity contribution in [3.05, 3.63) is 44.9 Å². The summed E-state index contributed by atoms with van der Waals surface area (Å²) in [5, 5.41) is -5.52. The van der Waals surface area contributed by atoms with E-state index in [0.29, 0.717) is 4.47 Å². The number of rotatable bonds is 3. The van der Waals surface area contributed by atoms with Crippen LogP contribution in [0.2, 0.25) is 0 Å². The minimum Gasteiger partial charge on any atom is -0.269 e. The van der Waals surface area contributed by atoms with Crippen molar-refractivity contribution in [1.82, 2.24) is 9.38 Å². The van der Waals surface area contributed by atoms with Gasteiger partial charge in [0.25, 0.3) is 5.56 Å². The van der Waals surface area contributed by atoms with Crippen molar-refractivity contribution < 1.29 is 26.3 Å². The van der Waals surface area contributed by atoms with E-state index in [1.54, 1.807) is 0 Å². The fourth-order valence-electron chi connectivity index (χ4n) is 1.58. The van der Waals surface area contributed by atoms with E-state index in [9.17, 15) is 31.1 Å². The third kappa shape index (κ3) is 2.58. The van der Waals surface area contributed by atoms with Crippen LogP contribution in [0.1, 0.15) is 5.69 Å². The molecule has 0 atom stereocenters. The van der Waals surface area contributed by atoms with E-state index >= 15 is 0 Å². The highest BCUT2D eigenvalue weighted by Gasteiger charge is 2.72. The number of halogens is 8. The van der Waals surface area contributed by atoms with Gasteiger partial charge in [0.1, 0.15) is 11.3 Å². The Bertz CT molecular complexity index is 788. The summed E-state index contributed by atoms with van der Waals surface area (Å²) in [7, 11) is 0. The Morgan fingerprint density at radius 2 is 1.73 bits per heavy atom. The van der Waals surface area contributed by atoms with E-state index in [-0.39, 0.29) is 6.07 Å². The van der Waals surface area contributed by atoms with Crippen LogP contribution in [0.4, 0.5) is 26.3 Å². The van der Waals surface area contributed by atoms with Crippen molar-refractivity contribution in [2.24, 2.45) is 0 Å². The summed E-state index contributed by atoms with van der Waals surface area (Å²) in [5.74, 6) is -11.4. The van der Waals surface area contributed by atoms with Crippen LogP contribution in [0.5, 0.6) is 0 Å². The summed E-state index contributed by atoms with van der Waals surface area (Å²) >= 11 is 7.07. The average Bonchev–Trinajstić information content (AvgIpc) is 2.37. The second-order valence-corrected chi connectivity index (χ2v) is 5.59. The summed E-state index contributed by atoms with van der Waals surface area (Å²) in [5.41, 5.74) is -3.36. The van der Waals surface area contributed by atoms with Crippen molar-refractivity contribution in [2.45, 2.75) is 17.2 Å². The molecule has 0 aliphatic carbocycles. The molecule has 0 aromatic carbocycles. The number of nitrogens with zero attached hydrogens (tertiary/aromatic N) is 2. The standard InChI is InChI=1S/C11H4BrClF6N2O/c12-5-1-2-7-20-6(3-8(22)21(7)4-5)9(14,15)10(16,17)11(13,18)19/h1-4H. The molecule has 0 bridgehead atoms. The molecule has 0 saturated heterocycles. The molecular formula is C11H4BrClF6N2O. The van der Waals surface area contributed by atoms with Gasteiger partial charge in [-0.15, -0.1) is 0 Å². The zero-order valence-electron chi connectivity index (χ0n) is 10.1. The lowest BCUT2D eigenvalue weighted by Gasteiger charge is -2.28. The molecule has 0 unspecified atom stereocenters. The summed E-state index contributed by atoms with van der Waals surface area (Å²) in [4.78, 5) is 14.8. The molecule has 2 aromatic heterocycles. The van der Waals surface area contributed by atoms with Crippen LogP contribution in [-0.2, 0) is 5.92 Å². The van der Waals surface area contributed by atoms with E-state index < -0.39 is 34.1 Å². The largest absolute Gasteiger partial charge is 0.392 e. The van der Waals surface area contributed by atoms with Crippen LogP contribution in [0.3, 0.4) is 0 Å². The topological polar surface area (TPSA) is 34.4 Å². The van der Waals surface area contributed by atoms with Gasteiger partial charge in [0.05, 0.1) is 0 Å². The van der Waals surface area contributed by atoms with E-state index in [1.165, 1.54) is 6.07 Å². The van der Waals surface area contributed by atoms with Crippen molar-refractivity contribution in [2.75, 3.05) is 0 Å². The van der Waals surface area contributed by atoms with Crippen LogP contribution in [0.15, 0.2) is 33.7 Å². The first-order chi connectivity index (χ1) is 9.88. The number of alkyl halides is 7. The number of hydrogen-bond acceptors (Lipinski definition) is 2. The molecule has 0 amide bonds. The van der Waals surface area contributed by atoms with Crippen molar-refractivity contribution in [1.29, 1.82) is 0 Å². The van der Waals surface area contributed by atoms with Gasteiger partial charge in [-0.1, -0.05) is 0 Å². The fourth-order valence-corrected chi connectivity index (χ4v) is 2.03. The number of fused-ring (bicyclic) bond motifs is 1. The van der Waals surface area contributed by atoms with Gasteiger partial charge < -0.3 is 0 Å². The van der Waals surface area contributed by atoms with Gasteiger partial charge in [-0.2, -0.15) is 26.3 Å². The maximum absolute atomic E-state index is 13.7. The summed E-state index contributed by atoms with van der Waals surface area (Å²) in [6.45, 7) is 0. The highest BCUT2D eigenvalue weighted by molar-refractivity contribution is 9.10. The Hall–Kier alpha value is -1.29. The molecule has 0 radical (unpaired) electrons. The predicted octanol–water partition coefficient (Wildman–Crippen LogP) is 4.02. The molecule has 0 fully saturated rings. The number of aromatic nitrogens is 2. The Labute approximate surface area is 131 Å². The van der Waals surface area contributed by atoms with Gasteiger partial charge in [0.15, 0.2) is 0 Å². The summed E-state index contributed by atoms with van der Waals surface area (Å²) < 4.78 is 80.1. The molecule has 0 aliphatic heterocycles. The minimum absolute atomic E-state index is 0.0516. The number of pyridine rings is 1. The molecule has 0 N–H and O–H groups in total. The van der Waals surface area contributed by atoms with Gasteiger partial charge in [-0.25, -0.2) is 4.98 Å². The average molecular weight is 410 g/mol. The third-order valence-corrected chi connectivity index (χ3v) is 3.40. The SMILES string of the molecule is O=c1cc(C(F)(F)C(F)(F)C(F)(F)Cl)nc2ccc(Br)cn12. The molecule has 0 spiro atoms. The quantitative estimate of drug-likeness (QED) is 0.567. The molecule has 2 heterocycles. The molecule has 120 valence electrons. The molecule has 2 aromatic rings. The van der Waals surface area contributed by atoms with Crippen LogP contribution >= 0.6 is 27.5 Å². The zero-order chi connectivity index (χ0) is 16.9. The van der Waals surface area contributed by atoms with E-state index in [4.69, 9.17) is 0 Å². The molecule has 0 saturated carbocycles. The monoisotopic (exact) mass is 408 g/mol. The summed E-state index contributed by atoms with van der Waals surface area (Å²) in [6, 6.07) is 2.43. The van der Waals surface area contributed by atoms with Crippen molar-refractivity contribution >= 4 is 33.2 Å². The molecule has 3 nitrogen and oxygen atoms in total. The van der Waals surface area contributed by atoms with Crippen LogP contribution in [0.25, 0.3) is 5.65 Å². The fraction of sp³-hybridized carbons (Fsp3) is 0.273. The van der Waals surface area contributed by atoms with Gasteiger partial charge in [0, 0.05) is 16.7 Å². The Morgan fingerprint density at radius 1 is 1.14 bits per heavy atom. The van der Waals surface area contributed by atoms with E-state index in [2.05, 4.69) is 32.5 Å². The van der Waals surface area contributed by atoms with Gasteiger partial charge in [-0.3, -0.25) is 9.20 Å². The Kier molecular flexibility index (Phi) is 3.97. The first-order valence-electron chi connectivity index (χ1n) is 5.40. The molecule has 11 heteroatoms. The Balaban J connectivity index is 2.69. The predicted molar refractivity (Wildman–Crippen MR) is 68.8 cm³/mol. The molecule has 0 aliphatic rings. The molecular weight excluding hydrogens is 405 g/mol. The maximum Gasteiger partial charge on any atom is 0.392 e. The number of hydrogen-bond donors (Lipinski definition) is 0. The van der Waals surface area contributed by atoms with E-state index in [1.807, 2.05) is 0 Å². The smallest absolute Gasteiger partial charge is 0.269 e. The molecule has 2 rings (SSSR count). The summed E-state index contributed by atoms with van der Waals surface area (Å²) in [6.07, 6.45) is 1.15. The Morgan fingerprint density at radius 3 is 2.27 bits per heavy atom. The van der Waals surface area contributed by atoms with Crippen LogP contribution in [0, 0.1) is 0 Å². The minimum atomic E-state index is -5.94. The first kappa shape index (κ1) is 17.1. The van der Waals surface area contributed by atoms with Crippen molar-refractivity contribution in [3.8, 4) is 0 Å². The second-order valence-electron chi connectivity index (χ2n) is 4.20. The lowest BCUT2D eigenvalue weighted by atomic mass is 10.1. The lowest BCUT2D eigenvalue weighted by molar-refractivity contribution is -0.287. The van der Waals surface area contributed by atoms with Crippen molar-refractivity contribution in [3.63, 3.8) is 0 Å². The van der Waals surface area contributed by atoms with Crippen LogP contribution in [-0.4, -0.2) is 20.7 Å². The van der Waals surface area contributed by atoms with Gasteiger partial charge >= 0.3 is 17.2 Å². The van der Waals surface area contributed by atoms with Gasteiger partial charge in [-0.05, 0) is 39.7 Å². The maximum atomic E-state index is 13.7. The zero-order valence-corrected chi connectivity index (χ0v) is 12.5. The normalized spacial score (nSPS) is 13.6.